The topological polar surface area (TPSA) is 66.5 Å². The second-order valence-corrected chi connectivity index (χ2v) is 10.3. The Morgan fingerprint density at radius 2 is 1.84 bits per heavy atom. The third kappa shape index (κ3) is 6.48. The first kappa shape index (κ1) is 23.6. The van der Waals surface area contributed by atoms with Crippen molar-refractivity contribution < 1.29 is 13.2 Å². The molecule has 8 heteroatoms. The summed E-state index contributed by atoms with van der Waals surface area (Å²) in [4.78, 5) is 12.4. The van der Waals surface area contributed by atoms with E-state index >= 15 is 0 Å². The molecule has 0 saturated carbocycles. The highest BCUT2D eigenvalue weighted by molar-refractivity contribution is 7.92. The summed E-state index contributed by atoms with van der Waals surface area (Å²) in [6.45, 7) is 0.691. The molecule has 0 unspecified atom stereocenters. The van der Waals surface area contributed by atoms with Gasteiger partial charge in [0.05, 0.1) is 28.5 Å². The van der Waals surface area contributed by atoms with Gasteiger partial charge >= 0.3 is 0 Å². The molecule has 0 aliphatic heterocycles. The minimum Gasteiger partial charge on any atom is -0.352 e. The molecule has 0 spiro atoms. The lowest BCUT2D eigenvalue weighted by Gasteiger charge is -2.24. The average Bonchev–Trinajstić information content (AvgIpc) is 2.74. The first-order chi connectivity index (χ1) is 14.8. The minimum atomic E-state index is -3.60. The van der Waals surface area contributed by atoms with Crippen LogP contribution >= 0.6 is 23.2 Å². The molecule has 0 bridgehead atoms. The molecule has 1 aliphatic rings. The van der Waals surface area contributed by atoms with Crippen molar-refractivity contribution in [2.75, 3.05) is 17.1 Å². The highest BCUT2D eigenvalue weighted by Crippen LogP contribution is 2.34. The van der Waals surface area contributed by atoms with Gasteiger partial charge in [0.2, 0.25) is 10.0 Å². The van der Waals surface area contributed by atoms with Crippen LogP contribution in [-0.4, -0.2) is 27.1 Å². The first-order valence-electron chi connectivity index (χ1n) is 10.2. The van der Waals surface area contributed by atoms with Crippen molar-refractivity contribution in [3.63, 3.8) is 0 Å². The number of hydrogen-bond acceptors (Lipinski definition) is 3. The molecule has 0 atom stereocenters. The molecule has 5 nitrogen and oxygen atoms in total. The molecule has 166 valence electrons. The van der Waals surface area contributed by atoms with Gasteiger partial charge in [-0.3, -0.25) is 9.10 Å². The summed E-state index contributed by atoms with van der Waals surface area (Å²) < 4.78 is 26.0. The number of hydrogen-bond donors (Lipinski definition) is 1. The van der Waals surface area contributed by atoms with Crippen LogP contribution in [0.15, 0.2) is 54.1 Å². The third-order valence-electron chi connectivity index (χ3n) is 5.26. The molecule has 0 fully saturated rings. The van der Waals surface area contributed by atoms with Crippen LogP contribution in [0.2, 0.25) is 10.0 Å². The van der Waals surface area contributed by atoms with Crippen molar-refractivity contribution in [1.29, 1.82) is 0 Å². The van der Waals surface area contributed by atoms with Gasteiger partial charge in [0.15, 0.2) is 0 Å². The Labute approximate surface area is 194 Å². The fourth-order valence-corrected chi connectivity index (χ4v) is 4.90. The van der Waals surface area contributed by atoms with Crippen molar-refractivity contribution >= 4 is 44.8 Å². The fourth-order valence-electron chi connectivity index (χ4n) is 3.56. The molecule has 0 aromatic heterocycles. The highest BCUT2D eigenvalue weighted by Gasteiger charge is 2.21. The Kier molecular flexibility index (Phi) is 8.03. The Morgan fingerprint density at radius 3 is 2.48 bits per heavy atom. The Balaban J connectivity index is 1.66. The summed E-state index contributed by atoms with van der Waals surface area (Å²) in [5.41, 5.74) is 3.00. The molecule has 1 N–H and O–H groups in total. The number of sulfonamides is 1. The molecule has 0 heterocycles. The number of carbonyl (C=O) groups is 1. The maximum absolute atomic E-state index is 12.4. The zero-order valence-electron chi connectivity index (χ0n) is 17.4. The zero-order chi connectivity index (χ0) is 22.4. The summed E-state index contributed by atoms with van der Waals surface area (Å²) >= 11 is 12.3. The van der Waals surface area contributed by atoms with E-state index < -0.39 is 10.0 Å². The van der Waals surface area contributed by atoms with E-state index in [1.165, 1.54) is 22.7 Å². The number of nitrogens with one attached hydrogen (secondary N) is 1. The minimum absolute atomic E-state index is 0.0783. The van der Waals surface area contributed by atoms with Gasteiger partial charge in [0.25, 0.3) is 5.91 Å². The van der Waals surface area contributed by atoms with Gasteiger partial charge in [0.1, 0.15) is 0 Å². The molecule has 0 radical (unpaired) electrons. The van der Waals surface area contributed by atoms with Crippen LogP contribution in [-0.2, 0) is 16.6 Å². The SMILES string of the molecule is CS(=O)(=O)N(Cc1ccc(C(=O)NCCC2=CCCCC2)cc1)c1cccc(Cl)c1Cl. The Hall–Kier alpha value is -2.02. The van der Waals surface area contributed by atoms with Crippen LogP contribution in [0.1, 0.15) is 48.0 Å². The van der Waals surface area contributed by atoms with E-state index in [0.717, 1.165) is 31.1 Å². The second kappa shape index (κ2) is 10.5. The average molecular weight is 481 g/mol. The molecule has 3 rings (SSSR count). The van der Waals surface area contributed by atoms with Crippen LogP contribution < -0.4 is 9.62 Å². The largest absolute Gasteiger partial charge is 0.352 e. The first-order valence-corrected chi connectivity index (χ1v) is 12.8. The molecule has 1 amide bonds. The van der Waals surface area contributed by atoms with E-state index in [0.29, 0.717) is 17.8 Å². The summed E-state index contributed by atoms with van der Waals surface area (Å²) in [6, 6.07) is 11.8. The number of nitrogens with zero attached hydrogens (tertiary/aromatic N) is 1. The molecule has 31 heavy (non-hydrogen) atoms. The predicted octanol–water partition coefficient (Wildman–Crippen LogP) is 5.58. The van der Waals surface area contributed by atoms with Crippen molar-refractivity contribution in [2.45, 2.75) is 38.6 Å². The number of allylic oxidation sites excluding steroid dienone is 1. The molecule has 2 aromatic rings. The number of halogens is 2. The van der Waals surface area contributed by atoms with E-state index in [4.69, 9.17) is 23.2 Å². The number of anilines is 1. The van der Waals surface area contributed by atoms with Crippen molar-refractivity contribution in [3.05, 3.63) is 75.3 Å². The maximum atomic E-state index is 12.4. The smallest absolute Gasteiger partial charge is 0.251 e. The predicted molar refractivity (Wildman–Crippen MR) is 127 cm³/mol. The Morgan fingerprint density at radius 1 is 1.10 bits per heavy atom. The van der Waals surface area contributed by atoms with Gasteiger partial charge in [-0.05, 0) is 61.9 Å². The van der Waals surface area contributed by atoms with E-state index in [-0.39, 0.29) is 22.5 Å². The van der Waals surface area contributed by atoms with E-state index in [9.17, 15) is 13.2 Å². The monoisotopic (exact) mass is 480 g/mol. The molecule has 1 aliphatic carbocycles. The quantitative estimate of drug-likeness (QED) is 0.501. The lowest BCUT2D eigenvalue weighted by molar-refractivity contribution is 0.0954. The molecular formula is C23H26Cl2N2O3S. The van der Waals surface area contributed by atoms with Crippen molar-refractivity contribution in [3.8, 4) is 0 Å². The fraction of sp³-hybridized carbons (Fsp3) is 0.348. The van der Waals surface area contributed by atoms with Gasteiger partial charge in [-0.2, -0.15) is 0 Å². The summed E-state index contributed by atoms with van der Waals surface area (Å²) in [5, 5.41) is 3.41. The normalized spacial score (nSPS) is 14.1. The summed E-state index contributed by atoms with van der Waals surface area (Å²) in [5.74, 6) is -0.138. The van der Waals surface area contributed by atoms with E-state index in [1.54, 1.807) is 42.5 Å². The van der Waals surface area contributed by atoms with Gasteiger partial charge < -0.3 is 5.32 Å². The van der Waals surface area contributed by atoms with Crippen molar-refractivity contribution in [2.24, 2.45) is 0 Å². The Bertz CT molecular complexity index is 1070. The number of amides is 1. The van der Waals surface area contributed by atoms with E-state index in [1.807, 2.05) is 0 Å². The van der Waals surface area contributed by atoms with Crippen LogP contribution in [0.25, 0.3) is 0 Å². The van der Waals surface area contributed by atoms with Crippen LogP contribution in [0.5, 0.6) is 0 Å². The number of carbonyl (C=O) groups excluding carboxylic acids is 1. The van der Waals surface area contributed by atoms with Gasteiger partial charge in [-0.25, -0.2) is 8.42 Å². The molecular weight excluding hydrogens is 455 g/mol. The van der Waals surface area contributed by atoms with Gasteiger partial charge in [0, 0.05) is 12.1 Å². The second-order valence-electron chi connectivity index (χ2n) is 7.65. The standard InChI is InChI=1S/C23H26Cl2N2O3S/c1-31(29,30)27(21-9-5-8-20(24)22(21)25)16-18-10-12-19(13-11-18)23(28)26-15-14-17-6-3-2-4-7-17/h5-6,8-13H,2-4,7,14-16H2,1H3,(H,26,28). The van der Waals surface area contributed by atoms with Crippen LogP contribution in [0.3, 0.4) is 0 Å². The summed E-state index contributed by atoms with van der Waals surface area (Å²) in [7, 11) is -3.60. The molecule has 0 saturated heterocycles. The third-order valence-corrected chi connectivity index (χ3v) is 7.19. The van der Waals surface area contributed by atoms with Gasteiger partial charge in [-0.15, -0.1) is 0 Å². The number of benzene rings is 2. The van der Waals surface area contributed by atoms with Crippen LogP contribution in [0, 0.1) is 0 Å². The molecule has 2 aromatic carbocycles. The lowest BCUT2D eigenvalue weighted by Crippen LogP contribution is -2.29. The maximum Gasteiger partial charge on any atom is 0.251 e. The highest BCUT2D eigenvalue weighted by atomic mass is 35.5. The van der Waals surface area contributed by atoms with Crippen LogP contribution in [0.4, 0.5) is 5.69 Å². The lowest BCUT2D eigenvalue weighted by atomic mass is 9.97. The van der Waals surface area contributed by atoms with Gasteiger partial charge in [-0.1, -0.05) is 53.1 Å². The zero-order valence-corrected chi connectivity index (χ0v) is 19.7. The van der Waals surface area contributed by atoms with E-state index in [2.05, 4.69) is 11.4 Å². The van der Waals surface area contributed by atoms with Crippen molar-refractivity contribution in [1.82, 2.24) is 5.32 Å². The summed E-state index contributed by atoms with van der Waals surface area (Å²) in [6.07, 6.45) is 9.02. The number of rotatable bonds is 8.